The van der Waals surface area contributed by atoms with E-state index in [1.807, 2.05) is 0 Å². The molecule has 1 nitrogen and oxygen atoms in total. The van der Waals surface area contributed by atoms with Gasteiger partial charge in [0, 0.05) is 10.5 Å². The number of nitrogens with one attached hydrogen (secondary N) is 1. The van der Waals surface area contributed by atoms with Crippen molar-refractivity contribution in [1.29, 1.82) is 0 Å². The van der Waals surface area contributed by atoms with Crippen molar-refractivity contribution >= 4 is 15.9 Å². The van der Waals surface area contributed by atoms with Crippen LogP contribution >= 0.6 is 15.9 Å². The van der Waals surface area contributed by atoms with Crippen molar-refractivity contribution < 1.29 is 0 Å². The molecule has 2 heteroatoms. The summed E-state index contributed by atoms with van der Waals surface area (Å²) in [5, 5.41) is 3.71. The lowest BCUT2D eigenvalue weighted by molar-refractivity contribution is 0.274. The van der Waals surface area contributed by atoms with Crippen LogP contribution in [0, 0.1) is 12.8 Å². The Morgan fingerprint density at radius 1 is 1.28 bits per heavy atom. The second-order valence-electron chi connectivity index (χ2n) is 5.41. The molecule has 2 rings (SSSR count). The Kier molecular flexibility index (Phi) is 5.25. The van der Waals surface area contributed by atoms with Crippen LogP contribution in [0.2, 0.25) is 0 Å². The van der Waals surface area contributed by atoms with Gasteiger partial charge in [-0.1, -0.05) is 60.3 Å². The molecule has 1 unspecified atom stereocenters. The van der Waals surface area contributed by atoms with Crippen molar-refractivity contribution in [1.82, 2.24) is 5.32 Å². The van der Waals surface area contributed by atoms with E-state index >= 15 is 0 Å². The van der Waals surface area contributed by atoms with Gasteiger partial charge in [0.05, 0.1) is 0 Å². The van der Waals surface area contributed by atoms with Crippen LogP contribution in [-0.2, 0) is 0 Å². The van der Waals surface area contributed by atoms with E-state index in [9.17, 15) is 0 Å². The third kappa shape index (κ3) is 3.16. The summed E-state index contributed by atoms with van der Waals surface area (Å²) in [6.45, 7) is 5.43. The molecular formula is C16H24BrN. The predicted molar refractivity (Wildman–Crippen MR) is 81.9 cm³/mol. The maximum Gasteiger partial charge on any atom is 0.0359 e. The molecule has 1 aromatic carbocycles. The average Bonchev–Trinajstić information content (AvgIpc) is 2.41. The van der Waals surface area contributed by atoms with Gasteiger partial charge >= 0.3 is 0 Å². The van der Waals surface area contributed by atoms with E-state index in [2.05, 4.69) is 53.3 Å². The van der Waals surface area contributed by atoms with Crippen LogP contribution in [0.25, 0.3) is 0 Å². The molecule has 1 aromatic rings. The zero-order valence-corrected chi connectivity index (χ0v) is 13.1. The first-order chi connectivity index (χ1) is 8.74. The number of benzene rings is 1. The Bertz CT molecular complexity index is 383. The smallest absolute Gasteiger partial charge is 0.0359 e. The maximum atomic E-state index is 3.78. The summed E-state index contributed by atoms with van der Waals surface area (Å²) in [5.74, 6) is 0.803. The van der Waals surface area contributed by atoms with Gasteiger partial charge in [0.1, 0.15) is 0 Å². The molecule has 0 spiro atoms. The third-order valence-corrected chi connectivity index (χ3v) is 5.19. The maximum absolute atomic E-state index is 3.78. The highest BCUT2D eigenvalue weighted by Gasteiger charge is 2.25. The van der Waals surface area contributed by atoms with E-state index in [0.29, 0.717) is 6.04 Å². The minimum atomic E-state index is 0.518. The van der Waals surface area contributed by atoms with Gasteiger partial charge in [-0.2, -0.15) is 0 Å². The molecule has 1 fully saturated rings. The van der Waals surface area contributed by atoms with Gasteiger partial charge in [-0.25, -0.2) is 0 Å². The van der Waals surface area contributed by atoms with Crippen molar-refractivity contribution in [3.63, 3.8) is 0 Å². The molecule has 0 aromatic heterocycles. The molecule has 1 aliphatic rings. The lowest BCUT2D eigenvalue weighted by atomic mass is 9.81. The standard InChI is InChI=1S/C16H24BrN/c1-3-18-16(13-9-5-4-6-10-13)14-11-7-8-12(2)15(14)17/h7-8,11,13,16,18H,3-6,9-10H2,1-2H3. The Hall–Kier alpha value is -0.340. The highest BCUT2D eigenvalue weighted by molar-refractivity contribution is 9.10. The molecule has 100 valence electrons. The van der Waals surface area contributed by atoms with Crippen LogP contribution in [0.15, 0.2) is 22.7 Å². The van der Waals surface area contributed by atoms with Gasteiger partial charge in [-0.15, -0.1) is 0 Å². The fourth-order valence-electron chi connectivity index (χ4n) is 3.13. The summed E-state index contributed by atoms with van der Waals surface area (Å²) < 4.78 is 1.29. The molecule has 1 aliphatic carbocycles. The second-order valence-corrected chi connectivity index (χ2v) is 6.20. The fraction of sp³-hybridized carbons (Fsp3) is 0.625. The normalized spacial score (nSPS) is 18.8. The largest absolute Gasteiger partial charge is 0.310 e. The first kappa shape index (κ1) is 14.1. The molecule has 0 amide bonds. The first-order valence-electron chi connectivity index (χ1n) is 7.22. The molecule has 0 radical (unpaired) electrons. The molecule has 0 bridgehead atoms. The quantitative estimate of drug-likeness (QED) is 0.826. The Labute approximate surface area is 119 Å². The van der Waals surface area contributed by atoms with Crippen LogP contribution in [-0.4, -0.2) is 6.54 Å². The summed E-state index contributed by atoms with van der Waals surface area (Å²) >= 11 is 3.78. The van der Waals surface area contributed by atoms with Crippen molar-refractivity contribution in [3.05, 3.63) is 33.8 Å². The van der Waals surface area contributed by atoms with Crippen LogP contribution in [0.1, 0.15) is 56.2 Å². The number of aryl methyl sites for hydroxylation is 1. The van der Waals surface area contributed by atoms with E-state index < -0.39 is 0 Å². The lowest BCUT2D eigenvalue weighted by Gasteiger charge is -2.32. The van der Waals surface area contributed by atoms with Crippen LogP contribution < -0.4 is 5.32 Å². The predicted octanol–water partition coefficient (Wildman–Crippen LogP) is 4.99. The SMILES string of the molecule is CCNC(c1cccc(C)c1Br)C1CCCCC1. The minimum Gasteiger partial charge on any atom is -0.310 e. The summed E-state index contributed by atoms with van der Waals surface area (Å²) in [7, 11) is 0. The van der Waals surface area contributed by atoms with Crippen molar-refractivity contribution in [2.45, 2.75) is 52.0 Å². The highest BCUT2D eigenvalue weighted by Crippen LogP contribution is 2.37. The van der Waals surface area contributed by atoms with E-state index in [1.54, 1.807) is 0 Å². The van der Waals surface area contributed by atoms with Gasteiger partial charge in [-0.05, 0) is 43.4 Å². The summed E-state index contributed by atoms with van der Waals surface area (Å²) in [4.78, 5) is 0. The second kappa shape index (κ2) is 6.72. The minimum absolute atomic E-state index is 0.518. The molecular weight excluding hydrogens is 286 g/mol. The number of hydrogen-bond donors (Lipinski definition) is 1. The van der Waals surface area contributed by atoms with E-state index in [1.165, 1.54) is 47.7 Å². The Balaban J connectivity index is 2.25. The monoisotopic (exact) mass is 309 g/mol. The van der Waals surface area contributed by atoms with Gasteiger partial charge in [0.25, 0.3) is 0 Å². The molecule has 1 atom stereocenters. The molecule has 1 N–H and O–H groups in total. The van der Waals surface area contributed by atoms with E-state index in [0.717, 1.165) is 12.5 Å². The Morgan fingerprint density at radius 3 is 2.67 bits per heavy atom. The third-order valence-electron chi connectivity index (χ3n) is 4.10. The van der Waals surface area contributed by atoms with E-state index in [-0.39, 0.29) is 0 Å². The van der Waals surface area contributed by atoms with Gasteiger partial charge in [0.15, 0.2) is 0 Å². The average molecular weight is 310 g/mol. The summed E-state index contributed by atoms with van der Waals surface area (Å²) in [6.07, 6.45) is 6.96. The number of rotatable bonds is 4. The molecule has 18 heavy (non-hydrogen) atoms. The zero-order chi connectivity index (χ0) is 13.0. The molecule has 0 heterocycles. The summed E-state index contributed by atoms with van der Waals surface area (Å²) in [6, 6.07) is 7.16. The zero-order valence-electron chi connectivity index (χ0n) is 11.5. The van der Waals surface area contributed by atoms with Crippen molar-refractivity contribution in [2.24, 2.45) is 5.92 Å². The van der Waals surface area contributed by atoms with Gasteiger partial charge in [-0.3, -0.25) is 0 Å². The van der Waals surface area contributed by atoms with Crippen LogP contribution in [0.3, 0.4) is 0 Å². The molecule has 0 saturated heterocycles. The summed E-state index contributed by atoms with van der Waals surface area (Å²) in [5.41, 5.74) is 2.79. The van der Waals surface area contributed by atoms with Gasteiger partial charge < -0.3 is 5.32 Å². The van der Waals surface area contributed by atoms with Crippen LogP contribution in [0.5, 0.6) is 0 Å². The number of hydrogen-bond acceptors (Lipinski definition) is 1. The fourth-order valence-corrected chi connectivity index (χ4v) is 3.64. The van der Waals surface area contributed by atoms with E-state index in [4.69, 9.17) is 0 Å². The molecule has 1 saturated carbocycles. The van der Waals surface area contributed by atoms with Crippen molar-refractivity contribution in [3.8, 4) is 0 Å². The topological polar surface area (TPSA) is 12.0 Å². The lowest BCUT2D eigenvalue weighted by Crippen LogP contribution is -2.30. The highest BCUT2D eigenvalue weighted by atomic mass is 79.9. The molecule has 0 aliphatic heterocycles. The van der Waals surface area contributed by atoms with Crippen LogP contribution in [0.4, 0.5) is 0 Å². The Morgan fingerprint density at radius 2 is 2.00 bits per heavy atom. The van der Waals surface area contributed by atoms with Gasteiger partial charge in [0.2, 0.25) is 0 Å². The first-order valence-corrected chi connectivity index (χ1v) is 8.01. The number of halogens is 1. The van der Waals surface area contributed by atoms with Crippen molar-refractivity contribution in [2.75, 3.05) is 6.54 Å².